The number of thiol groups is 1. The zero-order valence-corrected chi connectivity index (χ0v) is 20.9. The first-order chi connectivity index (χ1) is 16.3. The summed E-state index contributed by atoms with van der Waals surface area (Å²) in [5.74, 6) is -4.58. The molecule has 0 aliphatic rings. The molecule has 0 aromatic rings. The van der Waals surface area contributed by atoms with Crippen LogP contribution >= 0.6 is 12.6 Å². The molecule has 0 bridgehead atoms. The van der Waals surface area contributed by atoms with Crippen molar-refractivity contribution in [2.24, 2.45) is 33.8 Å². The molecule has 15 heteroatoms. The maximum absolute atomic E-state index is 12.9. The number of carboxylic acid groups (broad SMARTS) is 1. The van der Waals surface area contributed by atoms with Gasteiger partial charge in [-0.05, 0) is 25.2 Å². The number of nitrogens with two attached hydrogens (primary N) is 4. The molecule has 5 atom stereocenters. The van der Waals surface area contributed by atoms with Crippen LogP contribution in [0.5, 0.6) is 0 Å². The molecule has 14 nitrogen and oxygen atoms in total. The van der Waals surface area contributed by atoms with Crippen LogP contribution in [0.3, 0.4) is 0 Å². The van der Waals surface area contributed by atoms with Gasteiger partial charge in [0.05, 0.1) is 6.04 Å². The molecule has 5 unspecified atom stereocenters. The molecule has 0 aliphatic heterocycles. The molecule has 0 rings (SSSR count). The van der Waals surface area contributed by atoms with Crippen molar-refractivity contribution < 1.29 is 29.1 Å². The van der Waals surface area contributed by atoms with Crippen molar-refractivity contribution in [2.45, 2.75) is 70.1 Å². The maximum Gasteiger partial charge on any atom is 0.326 e. The summed E-state index contributed by atoms with van der Waals surface area (Å²) in [6.45, 7) is 3.65. The molecule has 0 aromatic carbocycles. The van der Waals surface area contributed by atoms with E-state index in [0.717, 1.165) is 0 Å². The molecule has 12 N–H and O–H groups in total. The summed E-state index contributed by atoms with van der Waals surface area (Å²) >= 11 is 4.08. The standard InChI is InChI=1S/C20H38N8O6S/c1-3-10(2)15(19(33)34)28-18(32)13(9-35)27-17(31)12(5-4-8-25-20(23)24)26-16(30)11(21)6-7-14(22)29/h10-13,15,35H,3-9,21H2,1-2H3,(H2,22,29)(H,26,30)(H,27,31)(H,28,32)(H,33,34)(H4,23,24,25). The number of amides is 4. The van der Waals surface area contributed by atoms with Gasteiger partial charge in [0.25, 0.3) is 0 Å². The van der Waals surface area contributed by atoms with E-state index >= 15 is 0 Å². The first-order valence-electron chi connectivity index (χ1n) is 11.2. The third-order valence-corrected chi connectivity index (χ3v) is 5.57. The third kappa shape index (κ3) is 12.8. The van der Waals surface area contributed by atoms with Gasteiger partial charge in [0, 0.05) is 18.7 Å². The molecule has 200 valence electrons. The number of carbonyl (C=O) groups is 5. The molecule has 0 spiro atoms. The van der Waals surface area contributed by atoms with E-state index in [1.807, 2.05) is 0 Å². The van der Waals surface area contributed by atoms with Crippen LogP contribution in [-0.2, 0) is 24.0 Å². The van der Waals surface area contributed by atoms with Crippen LogP contribution in [0, 0.1) is 5.92 Å². The summed E-state index contributed by atoms with van der Waals surface area (Å²) in [5.41, 5.74) is 21.4. The van der Waals surface area contributed by atoms with Crippen LogP contribution in [0.15, 0.2) is 4.99 Å². The van der Waals surface area contributed by atoms with Gasteiger partial charge in [0.15, 0.2) is 5.96 Å². The van der Waals surface area contributed by atoms with Crippen LogP contribution in [0.2, 0.25) is 0 Å². The highest BCUT2D eigenvalue weighted by Crippen LogP contribution is 2.09. The number of guanidine groups is 1. The van der Waals surface area contributed by atoms with E-state index in [4.69, 9.17) is 22.9 Å². The predicted octanol–water partition coefficient (Wildman–Crippen LogP) is -2.85. The lowest BCUT2D eigenvalue weighted by atomic mass is 9.99. The first kappa shape index (κ1) is 31.9. The van der Waals surface area contributed by atoms with E-state index in [-0.39, 0.29) is 43.4 Å². The molecule has 0 aromatic heterocycles. The Morgan fingerprint density at radius 3 is 2.00 bits per heavy atom. The van der Waals surface area contributed by atoms with Crippen molar-refractivity contribution in [3.05, 3.63) is 0 Å². The predicted molar refractivity (Wildman–Crippen MR) is 133 cm³/mol. The quantitative estimate of drug-likeness (QED) is 0.0414. The zero-order chi connectivity index (χ0) is 27.1. The second-order valence-corrected chi connectivity index (χ2v) is 8.44. The number of hydrogen-bond donors (Lipinski definition) is 9. The Bertz CT molecular complexity index is 777. The van der Waals surface area contributed by atoms with E-state index in [0.29, 0.717) is 12.8 Å². The van der Waals surface area contributed by atoms with Gasteiger partial charge in [0.1, 0.15) is 18.1 Å². The summed E-state index contributed by atoms with van der Waals surface area (Å²) in [6.07, 6.45) is 0.785. The number of carbonyl (C=O) groups excluding carboxylic acids is 4. The van der Waals surface area contributed by atoms with Gasteiger partial charge in [-0.15, -0.1) is 0 Å². The Labute approximate surface area is 209 Å². The average molecular weight is 519 g/mol. The van der Waals surface area contributed by atoms with Crippen molar-refractivity contribution >= 4 is 48.2 Å². The molecule has 0 heterocycles. The van der Waals surface area contributed by atoms with E-state index in [9.17, 15) is 29.1 Å². The second kappa shape index (κ2) is 16.5. The highest BCUT2D eigenvalue weighted by Gasteiger charge is 2.31. The fraction of sp³-hybridized carbons (Fsp3) is 0.700. The Balaban J connectivity index is 5.40. The number of nitrogens with one attached hydrogen (secondary N) is 3. The van der Waals surface area contributed by atoms with Gasteiger partial charge in [-0.2, -0.15) is 12.6 Å². The number of nitrogens with zero attached hydrogens (tertiary/aromatic N) is 1. The summed E-state index contributed by atoms with van der Waals surface area (Å²) < 4.78 is 0. The third-order valence-electron chi connectivity index (χ3n) is 5.21. The number of aliphatic imine (C=N–C) groups is 1. The summed E-state index contributed by atoms with van der Waals surface area (Å²) in [4.78, 5) is 64.3. The molecule has 0 fully saturated rings. The van der Waals surface area contributed by atoms with E-state index < -0.39 is 53.8 Å². The molecule has 0 aliphatic carbocycles. The zero-order valence-electron chi connectivity index (χ0n) is 20.0. The van der Waals surface area contributed by atoms with Gasteiger partial charge in [-0.3, -0.25) is 24.2 Å². The maximum atomic E-state index is 12.9. The smallest absolute Gasteiger partial charge is 0.326 e. The lowest BCUT2D eigenvalue weighted by molar-refractivity contribution is -0.143. The van der Waals surface area contributed by atoms with Gasteiger partial charge >= 0.3 is 5.97 Å². The van der Waals surface area contributed by atoms with Gasteiger partial charge in [-0.1, -0.05) is 20.3 Å². The largest absolute Gasteiger partial charge is 0.480 e. The van der Waals surface area contributed by atoms with Crippen molar-refractivity contribution in [1.82, 2.24) is 16.0 Å². The molecule has 35 heavy (non-hydrogen) atoms. The minimum atomic E-state index is -1.20. The minimum Gasteiger partial charge on any atom is -0.480 e. The van der Waals surface area contributed by atoms with Gasteiger partial charge in [0.2, 0.25) is 23.6 Å². The average Bonchev–Trinajstić information content (AvgIpc) is 2.79. The lowest BCUT2D eigenvalue weighted by Crippen LogP contribution is -2.58. The van der Waals surface area contributed by atoms with Gasteiger partial charge < -0.3 is 44.0 Å². The molecular formula is C20H38N8O6S. The molecular weight excluding hydrogens is 480 g/mol. The second-order valence-electron chi connectivity index (χ2n) is 8.08. The van der Waals surface area contributed by atoms with E-state index in [1.54, 1.807) is 13.8 Å². The monoisotopic (exact) mass is 518 g/mol. The molecule has 4 amide bonds. The number of primary amides is 1. The van der Waals surface area contributed by atoms with E-state index in [2.05, 4.69) is 33.6 Å². The Hall–Kier alpha value is -3.07. The summed E-state index contributed by atoms with van der Waals surface area (Å²) in [7, 11) is 0. The van der Waals surface area contributed by atoms with Crippen molar-refractivity contribution in [2.75, 3.05) is 12.3 Å². The number of rotatable bonds is 17. The lowest BCUT2D eigenvalue weighted by Gasteiger charge is -2.26. The fourth-order valence-electron chi connectivity index (χ4n) is 2.88. The van der Waals surface area contributed by atoms with Crippen molar-refractivity contribution in [3.8, 4) is 0 Å². The minimum absolute atomic E-state index is 0.0165. The normalized spacial score (nSPS) is 15.0. The Morgan fingerprint density at radius 1 is 0.943 bits per heavy atom. The van der Waals surface area contributed by atoms with Crippen molar-refractivity contribution in [1.29, 1.82) is 0 Å². The summed E-state index contributed by atoms with van der Waals surface area (Å²) in [5, 5.41) is 16.8. The molecule has 0 radical (unpaired) electrons. The van der Waals surface area contributed by atoms with Crippen LogP contribution in [-0.4, -0.2) is 77.1 Å². The number of carboxylic acids is 1. The first-order valence-corrected chi connectivity index (χ1v) is 11.8. The Morgan fingerprint density at radius 2 is 1.51 bits per heavy atom. The van der Waals surface area contributed by atoms with Crippen LogP contribution in [0.1, 0.15) is 46.0 Å². The highest BCUT2D eigenvalue weighted by molar-refractivity contribution is 7.80. The fourth-order valence-corrected chi connectivity index (χ4v) is 3.14. The molecule has 0 saturated heterocycles. The van der Waals surface area contributed by atoms with E-state index in [1.165, 1.54) is 0 Å². The number of hydrogen-bond acceptors (Lipinski definition) is 8. The topological polar surface area (TPSA) is 258 Å². The molecule has 0 saturated carbocycles. The Kier molecular flexibility index (Phi) is 15.1. The number of aliphatic carboxylic acids is 1. The van der Waals surface area contributed by atoms with Crippen LogP contribution in [0.25, 0.3) is 0 Å². The van der Waals surface area contributed by atoms with Crippen LogP contribution < -0.4 is 38.9 Å². The highest BCUT2D eigenvalue weighted by atomic mass is 32.1. The summed E-state index contributed by atoms with van der Waals surface area (Å²) in [6, 6.07) is -4.52. The van der Waals surface area contributed by atoms with Crippen molar-refractivity contribution in [3.63, 3.8) is 0 Å². The van der Waals surface area contributed by atoms with Crippen LogP contribution in [0.4, 0.5) is 0 Å². The van der Waals surface area contributed by atoms with Gasteiger partial charge in [-0.25, -0.2) is 4.79 Å². The SMILES string of the molecule is CCC(C)C(NC(=O)C(CS)NC(=O)C(CCCN=C(N)N)NC(=O)C(N)CCC(N)=O)C(=O)O.